The molecule has 0 saturated carbocycles. The van der Waals surface area contributed by atoms with Crippen molar-refractivity contribution in [2.45, 2.75) is 0 Å². The summed E-state index contributed by atoms with van der Waals surface area (Å²) in [4.78, 5) is 21.6. The van der Waals surface area contributed by atoms with Gasteiger partial charge in [0.15, 0.2) is 0 Å². The van der Waals surface area contributed by atoms with Crippen molar-refractivity contribution in [1.29, 1.82) is 0 Å². The first-order valence-corrected chi connectivity index (χ1v) is 2.35. The highest BCUT2D eigenvalue weighted by Gasteiger charge is 2.00. The highest BCUT2D eigenvalue weighted by Crippen LogP contribution is 2.25. The summed E-state index contributed by atoms with van der Waals surface area (Å²) in [6.07, 6.45) is 0. The number of rotatable bonds is 0. The molecule has 0 amide bonds. The Morgan fingerprint density at radius 3 is 1.14 bits per heavy atom. The normalized spacial score (nSPS) is 8.43. The summed E-state index contributed by atoms with van der Waals surface area (Å²) < 4.78 is 8.88. The Hall–Kier alpha value is 0.392. The fourth-order valence-corrected chi connectivity index (χ4v) is 0. The van der Waals surface area contributed by atoms with Crippen molar-refractivity contribution < 1.29 is 19.2 Å². The molecule has 4 nitrogen and oxygen atoms in total. The van der Waals surface area contributed by atoms with Crippen LogP contribution in [-0.4, -0.2) is 34.1 Å². The van der Waals surface area contributed by atoms with Gasteiger partial charge in [-0.05, 0) is 11.0 Å². The van der Waals surface area contributed by atoms with Crippen LogP contribution in [0.15, 0.2) is 0 Å². The van der Waals surface area contributed by atoms with E-state index in [4.69, 9.17) is 19.2 Å². The van der Waals surface area contributed by atoms with Crippen LogP contribution < -0.4 is 0 Å². The van der Waals surface area contributed by atoms with Crippen LogP contribution in [0.1, 0.15) is 0 Å². The van der Waals surface area contributed by atoms with Crippen molar-refractivity contribution in [3.05, 3.63) is 0 Å². The summed E-state index contributed by atoms with van der Waals surface area (Å²) >= 11 is 0. The molecule has 0 spiro atoms. The number of hydrogen-bond acceptors (Lipinski definition) is 1. The van der Waals surface area contributed by atoms with Crippen LogP contribution >= 0.6 is 7.82 Å². The Balaban J connectivity index is -0.0000000800. The van der Waals surface area contributed by atoms with E-state index in [0.29, 0.717) is 0 Å². The summed E-state index contributed by atoms with van der Waals surface area (Å²) in [5.41, 5.74) is 0. The molecule has 0 atom stereocenters. The van der Waals surface area contributed by atoms with E-state index >= 15 is 0 Å². The largest absolute Gasteiger partial charge is 0.466 e. The van der Waals surface area contributed by atoms with Gasteiger partial charge in [0.1, 0.15) is 0 Å². The van der Waals surface area contributed by atoms with E-state index in [1.807, 2.05) is 0 Å². The fourth-order valence-electron chi connectivity index (χ4n) is 0. The van der Waals surface area contributed by atoms with Crippen LogP contribution in [0.4, 0.5) is 0 Å². The van der Waals surface area contributed by atoms with Crippen molar-refractivity contribution >= 4 is 27.2 Å². The topological polar surface area (TPSA) is 77.8 Å². The predicted molar refractivity (Wildman–Crippen MR) is 31.4 cm³/mol. The molecule has 0 rings (SSSR count). The maximum absolute atomic E-state index is 8.88. The Bertz CT molecular complexity index is 57.8. The zero-order chi connectivity index (χ0) is 4.50. The Morgan fingerprint density at radius 1 is 1.14 bits per heavy atom. The molecule has 0 aliphatic rings. The van der Waals surface area contributed by atoms with Crippen LogP contribution in [0.25, 0.3) is 0 Å². The molecule has 43 valence electrons. The molecule has 0 aromatic heterocycles. The van der Waals surface area contributed by atoms with Gasteiger partial charge in [0, 0.05) is 8.41 Å². The first kappa shape index (κ1) is 15.7. The first-order valence-electron chi connectivity index (χ1n) is 0.783. The zero-order valence-electron chi connectivity index (χ0n) is 2.77. The summed E-state index contributed by atoms with van der Waals surface area (Å²) in [7, 11) is -4.64. The average molecular weight is 141 g/mol. The minimum absolute atomic E-state index is 0. The fraction of sp³-hybridized carbons (Fsp3) is 0. The Labute approximate surface area is 47.4 Å². The van der Waals surface area contributed by atoms with Gasteiger partial charge in [-0.15, -0.1) is 0 Å². The Morgan fingerprint density at radius 2 is 1.14 bits per heavy atom. The van der Waals surface area contributed by atoms with Gasteiger partial charge in [-0.3, -0.25) is 0 Å². The predicted octanol–water partition coefficient (Wildman–Crippen LogP) is -2.76. The quantitative estimate of drug-likeness (QED) is 0.252. The van der Waals surface area contributed by atoms with Gasteiger partial charge in [0.2, 0.25) is 0 Å². The lowest BCUT2D eigenvalue weighted by atomic mass is 10.8. The van der Waals surface area contributed by atoms with Crippen LogP contribution in [0, 0.1) is 0 Å². The van der Waals surface area contributed by atoms with Crippen molar-refractivity contribution in [3.8, 4) is 0 Å². The molecule has 0 unspecified atom stereocenters. The monoisotopic (exact) mass is 141 g/mol. The lowest BCUT2D eigenvalue weighted by molar-refractivity contribution is 0.275. The van der Waals surface area contributed by atoms with Crippen molar-refractivity contribution in [2.24, 2.45) is 0 Å². The maximum Gasteiger partial charge on any atom is 0.466 e. The van der Waals surface area contributed by atoms with E-state index in [0.717, 1.165) is 0 Å². The maximum atomic E-state index is 8.88. The molecule has 3 N–H and O–H groups in total. The zero-order valence-corrected chi connectivity index (χ0v) is 3.67. The van der Waals surface area contributed by atoms with Crippen molar-refractivity contribution in [3.63, 3.8) is 0 Å². The lowest BCUT2D eigenvalue weighted by Crippen LogP contribution is -1.66. The van der Waals surface area contributed by atoms with Gasteiger partial charge >= 0.3 is 7.82 Å². The van der Waals surface area contributed by atoms with E-state index in [-0.39, 0.29) is 19.4 Å². The number of hydrogen-bond donors (Lipinski definition) is 3. The Kier molecular flexibility index (Phi) is 10.2. The van der Waals surface area contributed by atoms with Crippen molar-refractivity contribution in [1.82, 2.24) is 0 Å². The molecule has 0 saturated heterocycles. The molecule has 0 aliphatic carbocycles. The SMILES string of the molecule is O=P(O)(O)O.[B].[SiH4]. The van der Waals surface area contributed by atoms with E-state index in [2.05, 4.69) is 0 Å². The second-order valence-corrected chi connectivity index (χ2v) is 1.54. The van der Waals surface area contributed by atoms with Crippen LogP contribution in [0.2, 0.25) is 0 Å². The molecule has 0 bridgehead atoms. The minimum Gasteiger partial charge on any atom is -0.303 e. The third-order valence-electron chi connectivity index (χ3n) is 0. The van der Waals surface area contributed by atoms with Crippen molar-refractivity contribution in [2.75, 3.05) is 0 Å². The molecule has 0 aromatic rings. The summed E-state index contributed by atoms with van der Waals surface area (Å²) in [5.74, 6) is 0. The van der Waals surface area contributed by atoms with Gasteiger partial charge in [-0.2, -0.15) is 0 Å². The molecule has 0 fully saturated rings. The van der Waals surface area contributed by atoms with Gasteiger partial charge in [-0.1, -0.05) is 0 Å². The lowest BCUT2D eigenvalue weighted by Gasteiger charge is -1.82. The third-order valence-corrected chi connectivity index (χ3v) is 0. The van der Waals surface area contributed by atoms with Gasteiger partial charge in [0.05, 0.1) is 0 Å². The standard InChI is InChI=1S/B.H3O4P.H4Si/c;1-5(2,3)4;/h;(H3,1,2,3,4);1H4. The first-order chi connectivity index (χ1) is 2.00. The molecule has 3 radical (unpaired) electrons. The molecular formula is H7BO4PSi. The van der Waals surface area contributed by atoms with E-state index in [1.54, 1.807) is 0 Å². The smallest absolute Gasteiger partial charge is 0.303 e. The van der Waals surface area contributed by atoms with Crippen LogP contribution in [0.3, 0.4) is 0 Å². The summed E-state index contributed by atoms with van der Waals surface area (Å²) in [6, 6.07) is 0. The molecule has 0 aromatic carbocycles. The third kappa shape index (κ3) is 803. The van der Waals surface area contributed by atoms with Gasteiger partial charge in [-0.25, -0.2) is 4.57 Å². The molecule has 0 aliphatic heterocycles. The van der Waals surface area contributed by atoms with Gasteiger partial charge < -0.3 is 14.7 Å². The molecule has 7 heavy (non-hydrogen) atoms. The molecule has 0 heterocycles. The highest BCUT2D eigenvalue weighted by molar-refractivity contribution is 7.45. The second kappa shape index (κ2) is 4.55. The molecular weight excluding hydrogens is 134 g/mol. The molecule has 7 heteroatoms. The minimum atomic E-state index is -4.64. The second-order valence-electron chi connectivity index (χ2n) is 0.513. The van der Waals surface area contributed by atoms with Crippen LogP contribution in [-0.2, 0) is 4.57 Å². The van der Waals surface area contributed by atoms with E-state index in [1.165, 1.54) is 0 Å². The van der Waals surface area contributed by atoms with E-state index < -0.39 is 7.82 Å². The van der Waals surface area contributed by atoms with Crippen LogP contribution in [0.5, 0.6) is 0 Å². The number of phosphoric acid groups is 1. The van der Waals surface area contributed by atoms with Gasteiger partial charge in [0.25, 0.3) is 0 Å². The highest BCUT2D eigenvalue weighted by atomic mass is 31.2. The average Bonchev–Trinajstić information content (AvgIpc) is 0.722. The summed E-state index contributed by atoms with van der Waals surface area (Å²) in [5, 5.41) is 0. The van der Waals surface area contributed by atoms with E-state index in [9.17, 15) is 0 Å². The summed E-state index contributed by atoms with van der Waals surface area (Å²) in [6.45, 7) is 0.